The lowest BCUT2D eigenvalue weighted by molar-refractivity contribution is -0.144. The number of aromatic carboxylic acids is 1. The Morgan fingerprint density at radius 1 is 0.476 bits per heavy atom. The van der Waals surface area contributed by atoms with Crippen molar-refractivity contribution >= 4 is 116 Å². The normalized spacial score (nSPS) is 14.1. The number of carbonyl (C=O) groups is 11. The Kier molecular flexibility index (Phi) is 41.3. The number of Topliss-reactive ketones (excluding diaryl/α,β-unsaturated/α-hetero) is 1. The maximum absolute atomic E-state index is 13.2. The Morgan fingerprint density at radius 2 is 0.889 bits per heavy atom. The fourth-order valence-electron chi connectivity index (χ4n) is 14.4. The Balaban J connectivity index is 0.000000260. The molecule has 29 nitrogen and oxygen atoms in total. The fraction of sp³-hybridized carbons (Fsp3) is 0.440. The molecule has 35 heteroatoms. The number of alkyl halides is 3. The molecule has 0 aliphatic heterocycles. The van der Waals surface area contributed by atoms with Crippen molar-refractivity contribution in [3.63, 3.8) is 0 Å². The van der Waals surface area contributed by atoms with Gasteiger partial charge in [0.05, 0.1) is 18.4 Å². The third-order valence-electron chi connectivity index (χ3n) is 20.6. The summed E-state index contributed by atoms with van der Waals surface area (Å²) in [4.78, 5) is 129. The highest BCUT2D eigenvalue weighted by molar-refractivity contribution is 7.17. The number of methoxy groups -OCH3 is 1. The number of carbonyl (C=O) groups excluding carboxylic acids is 2. The van der Waals surface area contributed by atoms with E-state index < -0.39 is 120 Å². The number of amides is 1. The van der Waals surface area contributed by atoms with E-state index in [9.17, 15) is 112 Å². The van der Waals surface area contributed by atoms with E-state index in [2.05, 4.69) is 44.1 Å². The summed E-state index contributed by atoms with van der Waals surface area (Å²) >= 11 is 13.8. The molecule has 0 bridgehead atoms. The molecule has 0 saturated heterocycles. The van der Waals surface area contributed by atoms with Gasteiger partial charge in [0.15, 0.2) is 0 Å². The number of benzene rings is 5. The number of halogens is 5. The molecule has 1 aliphatic rings. The number of carboxylic acids is 9. The average molecular weight is 1820 g/mol. The van der Waals surface area contributed by atoms with Crippen molar-refractivity contribution in [3.8, 4) is 11.5 Å². The predicted octanol–water partition coefficient (Wildman–Crippen LogP) is 15.5. The zero-order valence-corrected chi connectivity index (χ0v) is 73.7. The van der Waals surface area contributed by atoms with Crippen LogP contribution in [0.1, 0.15) is 185 Å². The Labute approximate surface area is 742 Å². The first-order chi connectivity index (χ1) is 59.4. The zero-order chi connectivity index (χ0) is 93.4. The molecule has 3 heterocycles. The minimum Gasteiger partial charge on any atom is -0.496 e. The highest BCUT2D eigenvalue weighted by Crippen LogP contribution is 2.32. The van der Waals surface area contributed by atoms with Crippen LogP contribution in [0.4, 0.5) is 18.9 Å². The van der Waals surface area contributed by atoms with Gasteiger partial charge < -0.3 is 69.9 Å². The minimum atomic E-state index is -5.05. The molecule has 5 aromatic carbocycles. The van der Waals surface area contributed by atoms with Gasteiger partial charge in [0.2, 0.25) is 0 Å². The Hall–Kier alpha value is -11.2. The maximum Gasteiger partial charge on any atom is 0.456 e. The standard InChI is InChI=1S/C24H27NO5S.C23H33F3N2O5.C23H28N2O6.C21H24Cl2N2O6/c1-15(2)11-20(23(26)27)25-21(24(28)29)12-16-7-9-18(10-8-16)30-13-17-14-31-22-6-4-3-5-19(17)22;1-14(2)12-17(21(30)31)27-18(22(32)33)13-16-8-9-19(20(29)23(24,25)26)28(16)11-10-15-6-4-3-5-7-15;1-14(2)12-18(22(27)28)25-19(23(29)30)13-15-8-10-16(11-9-15)24-21(26)17-6-4-5-7-20(17)31-3;1-11(2)5-16(19(26)27)24-17(20(28)29)9-15-3-4-18(21(30)31)25(15)10-12-6-13(22)8-14(23)7-12/h3-10,14-15,20-21,25H,11-13H2,1-2H3,(H,26,27)(H,28,29);8-9,14-15,17-18,27H,3-7,10-13H2,1-2H3,(H,30,31)(H,32,33);4-11,14,18-19,25H,12-13H2,1-3H3,(H,24,26)(H,27,28)(H,29,30);3-4,6-8,11,16-17,24H,5,9-10H2,1-2H3,(H,26,27)(H,28,29)(H,30,31)/t20-,21-;17-,18-;18-,19-;16-,17-/m0000/s1. The van der Waals surface area contributed by atoms with Crippen LogP contribution in [0.2, 0.25) is 10.0 Å². The maximum atomic E-state index is 13.2. The van der Waals surface area contributed by atoms with Crippen LogP contribution in [-0.4, -0.2) is 182 Å². The highest BCUT2D eigenvalue weighted by Gasteiger charge is 2.42. The van der Waals surface area contributed by atoms with Crippen LogP contribution < -0.4 is 36.1 Å². The molecule has 8 aromatic rings. The van der Waals surface area contributed by atoms with Crippen molar-refractivity contribution in [1.29, 1.82) is 0 Å². The van der Waals surface area contributed by atoms with E-state index in [-0.39, 0.29) is 92.6 Å². The lowest BCUT2D eigenvalue weighted by Crippen LogP contribution is -2.49. The van der Waals surface area contributed by atoms with Gasteiger partial charge in [-0.25, -0.2) is 4.79 Å². The third kappa shape index (κ3) is 33.9. The predicted molar refractivity (Wildman–Crippen MR) is 470 cm³/mol. The lowest BCUT2D eigenvalue weighted by Gasteiger charge is -2.24. The first-order valence-corrected chi connectivity index (χ1v) is 42.8. The third-order valence-corrected chi connectivity index (χ3v) is 22.0. The monoisotopic (exact) mass is 1810 g/mol. The van der Waals surface area contributed by atoms with Crippen molar-refractivity contribution in [2.24, 2.45) is 29.6 Å². The number of hydrogen-bond donors (Lipinski definition) is 14. The molecule has 14 N–H and O–H groups in total. The van der Waals surface area contributed by atoms with Crippen LogP contribution in [0.5, 0.6) is 11.5 Å². The molecule has 1 saturated carbocycles. The fourth-order valence-corrected chi connectivity index (χ4v) is 15.9. The number of nitrogens with one attached hydrogen (secondary N) is 5. The zero-order valence-electron chi connectivity index (χ0n) is 71.4. The highest BCUT2D eigenvalue weighted by atomic mass is 35.5. The van der Waals surface area contributed by atoms with E-state index in [0.717, 1.165) is 49.3 Å². The van der Waals surface area contributed by atoms with Gasteiger partial charge in [-0.1, -0.05) is 165 Å². The number of carboxylic acid groups (broad SMARTS) is 9. The van der Waals surface area contributed by atoms with Crippen LogP contribution in [-0.2, 0) is 83.7 Å². The van der Waals surface area contributed by atoms with Crippen molar-refractivity contribution in [2.75, 3.05) is 12.4 Å². The molecule has 126 heavy (non-hydrogen) atoms. The number of anilines is 1. The molecule has 9 rings (SSSR count). The topological polar surface area (TPSA) is 458 Å². The summed E-state index contributed by atoms with van der Waals surface area (Å²) in [5, 5.41) is 103. The number of thiophene rings is 1. The molecular formula is C91H112Cl2F3N7O22S. The number of hydrogen-bond acceptors (Lipinski definition) is 18. The Morgan fingerprint density at radius 3 is 1.32 bits per heavy atom. The summed E-state index contributed by atoms with van der Waals surface area (Å²) in [5.41, 5.74) is 4.32. The molecule has 8 atom stereocenters. The van der Waals surface area contributed by atoms with E-state index in [1.807, 2.05) is 77.9 Å². The average Bonchev–Trinajstić information content (AvgIpc) is 1.58. The van der Waals surface area contributed by atoms with Crippen molar-refractivity contribution in [2.45, 2.75) is 219 Å². The van der Waals surface area contributed by atoms with Gasteiger partial charge >= 0.3 is 59.9 Å². The van der Waals surface area contributed by atoms with Crippen LogP contribution >= 0.6 is 34.5 Å². The number of aromatic nitrogens is 2. The molecule has 1 aliphatic carbocycles. The summed E-state index contributed by atoms with van der Waals surface area (Å²) in [7, 11) is 1.49. The van der Waals surface area contributed by atoms with Gasteiger partial charge in [0, 0.05) is 63.3 Å². The molecular weight excluding hydrogens is 1700 g/mol. The summed E-state index contributed by atoms with van der Waals surface area (Å²) in [6.45, 7) is 15.6. The number of ketones is 1. The summed E-state index contributed by atoms with van der Waals surface area (Å²) < 4.78 is 54.5. The number of fused-ring (bicyclic) bond motifs is 1. The van der Waals surface area contributed by atoms with E-state index >= 15 is 0 Å². The quantitative estimate of drug-likeness (QED) is 0.0158. The molecule has 1 amide bonds. The minimum absolute atomic E-state index is 0.0107. The molecule has 3 aromatic heterocycles. The van der Waals surface area contributed by atoms with Gasteiger partial charge in [-0.3, -0.25) is 69.2 Å². The molecule has 684 valence electrons. The second kappa shape index (κ2) is 50.2. The largest absolute Gasteiger partial charge is 0.496 e. The van der Waals surface area contributed by atoms with Gasteiger partial charge in [-0.15, -0.1) is 11.3 Å². The van der Waals surface area contributed by atoms with Crippen LogP contribution in [0, 0.1) is 29.6 Å². The van der Waals surface area contributed by atoms with Crippen molar-refractivity contribution in [1.82, 2.24) is 30.4 Å². The van der Waals surface area contributed by atoms with Gasteiger partial charge in [0.1, 0.15) is 72.1 Å². The molecule has 0 radical (unpaired) electrons. The second-order valence-corrected chi connectivity index (χ2v) is 34.3. The van der Waals surface area contributed by atoms with E-state index in [4.69, 9.17) is 32.7 Å². The Bertz CT molecular complexity index is 4950. The molecule has 0 spiro atoms. The SMILES string of the molecule is CC(C)C[C@H](N[C@@H](Cc1ccc(C(=O)C(F)(F)F)n1CCC1CCCCC1)C(=O)O)C(=O)O.CC(C)C[C@H](N[C@@H](Cc1ccc(C(=O)O)n1Cc1cc(Cl)cc(Cl)c1)C(=O)O)C(=O)O.CC(C)C[C@H](N[C@@H](Cc1ccc(OCc2csc3ccccc23)cc1)C(=O)O)C(=O)O.COc1ccccc1C(=O)Nc1ccc(C[C@H](N[C@@H](CC(C)C)C(=O)O)C(=O)O)cc1. The first kappa shape index (κ1) is 104. The van der Waals surface area contributed by atoms with Gasteiger partial charge in [-0.2, -0.15) is 13.2 Å². The van der Waals surface area contributed by atoms with Crippen LogP contribution in [0.3, 0.4) is 0 Å². The number of nitrogens with zero attached hydrogens (tertiary/aromatic N) is 2. The summed E-state index contributed by atoms with van der Waals surface area (Å²) in [6.07, 6.45) is 1.85. The van der Waals surface area contributed by atoms with E-state index in [1.165, 1.54) is 44.5 Å². The summed E-state index contributed by atoms with van der Waals surface area (Å²) in [6, 6.07) is 30.6. The first-order valence-electron chi connectivity index (χ1n) is 41.1. The number of para-hydroxylation sites is 1. The molecule has 1 fully saturated rings. The lowest BCUT2D eigenvalue weighted by atomic mass is 9.87. The van der Waals surface area contributed by atoms with Crippen LogP contribution in [0.15, 0.2) is 145 Å². The van der Waals surface area contributed by atoms with Gasteiger partial charge in [0.25, 0.3) is 11.7 Å². The van der Waals surface area contributed by atoms with Crippen molar-refractivity contribution < 1.29 is 121 Å². The van der Waals surface area contributed by atoms with Crippen LogP contribution in [0.25, 0.3) is 10.1 Å². The van der Waals surface area contributed by atoms with Crippen molar-refractivity contribution in [3.05, 3.63) is 206 Å². The van der Waals surface area contributed by atoms with Gasteiger partial charge in [-0.05, 0) is 187 Å². The number of ether oxygens (including phenoxy) is 2. The van der Waals surface area contributed by atoms with E-state index in [0.29, 0.717) is 81.4 Å². The number of rotatable bonds is 45. The summed E-state index contributed by atoms with van der Waals surface area (Å²) in [5.74, 6) is -10.9. The smallest absolute Gasteiger partial charge is 0.456 e. The van der Waals surface area contributed by atoms with E-state index in [1.54, 1.807) is 91.9 Å². The molecule has 0 unspecified atom stereocenters. The number of aliphatic carboxylic acids is 8. The second-order valence-electron chi connectivity index (χ2n) is 32.5.